The molecule has 0 aromatic carbocycles. The fourth-order valence-electron chi connectivity index (χ4n) is 1.72. The average molecular weight is 278 g/mol. The molecule has 2 heterocycles. The van der Waals surface area contributed by atoms with Crippen molar-refractivity contribution in [1.82, 2.24) is 10.3 Å². The van der Waals surface area contributed by atoms with Crippen LogP contribution in [0.25, 0.3) is 0 Å². The van der Waals surface area contributed by atoms with E-state index in [0.29, 0.717) is 6.04 Å². The third-order valence-electron chi connectivity index (χ3n) is 2.40. The summed E-state index contributed by atoms with van der Waals surface area (Å²) in [4.78, 5) is 4.45. The van der Waals surface area contributed by atoms with Gasteiger partial charge in [0.1, 0.15) is 4.60 Å². The number of halogens is 2. The molecule has 0 saturated carbocycles. The van der Waals surface area contributed by atoms with Crippen LogP contribution in [0.1, 0.15) is 31.0 Å². The van der Waals surface area contributed by atoms with Crippen molar-refractivity contribution in [2.24, 2.45) is 0 Å². The number of nitrogens with zero attached hydrogens (tertiary/aromatic N) is 1. The van der Waals surface area contributed by atoms with E-state index >= 15 is 0 Å². The molecule has 0 bridgehead atoms. The van der Waals surface area contributed by atoms with Crippen molar-refractivity contribution in [3.63, 3.8) is 0 Å². The number of nitrogens with one attached hydrogen (secondary N) is 1. The summed E-state index contributed by atoms with van der Waals surface area (Å²) >= 11 is 3.39. The van der Waals surface area contributed by atoms with Gasteiger partial charge in [-0.1, -0.05) is 12.5 Å². The minimum atomic E-state index is 0. The molecule has 0 unspecified atom stereocenters. The summed E-state index contributed by atoms with van der Waals surface area (Å²) in [6, 6.07) is 6.56. The SMILES string of the molecule is Brc1cccc([C@@H]2CCCCN2)n1.Cl. The van der Waals surface area contributed by atoms with Crippen LogP contribution in [0.2, 0.25) is 0 Å². The van der Waals surface area contributed by atoms with Gasteiger partial charge in [-0.3, -0.25) is 0 Å². The zero-order valence-electron chi connectivity index (χ0n) is 7.87. The van der Waals surface area contributed by atoms with E-state index in [9.17, 15) is 0 Å². The van der Waals surface area contributed by atoms with Gasteiger partial charge in [0.15, 0.2) is 0 Å². The van der Waals surface area contributed by atoms with Crippen molar-refractivity contribution in [3.8, 4) is 0 Å². The minimum absolute atomic E-state index is 0. The van der Waals surface area contributed by atoms with Crippen LogP contribution in [0, 0.1) is 0 Å². The number of hydrogen-bond acceptors (Lipinski definition) is 2. The van der Waals surface area contributed by atoms with Crippen molar-refractivity contribution in [2.45, 2.75) is 25.3 Å². The molecule has 1 atom stereocenters. The molecule has 4 heteroatoms. The normalized spacial score (nSPS) is 21.4. The summed E-state index contributed by atoms with van der Waals surface area (Å²) in [6.45, 7) is 1.12. The van der Waals surface area contributed by atoms with Crippen LogP contribution in [-0.2, 0) is 0 Å². The maximum Gasteiger partial charge on any atom is 0.106 e. The van der Waals surface area contributed by atoms with E-state index in [1.807, 2.05) is 12.1 Å². The lowest BCUT2D eigenvalue weighted by molar-refractivity contribution is 0.405. The quantitative estimate of drug-likeness (QED) is 0.798. The van der Waals surface area contributed by atoms with Gasteiger partial charge in [-0.25, -0.2) is 4.98 Å². The number of hydrogen-bond donors (Lipinski definition) is 1. The van der Waals surface area contributed by atoms with E-state index in [0.717, 1.165) is 16.8 Å². The van der Waals surface area contributed by atoms with Crippen LogP contribution >= 0.6 is 28.3 Å². The largest absolute Gasteiger partial charge is 0.309 e. The Morgan fingerprint density at radius 3 is 2.86 bits per heavy atom. The molecule has 0 spiro atoms. The Hall–Kier alpha value is -0.120. The molecule has 78 valence electrons. The fraction of sp³-hybridized carbons (Fsp3) is 0.500. The van der Waals surface area contributed by atoms with E-state index in [-0.39, 0.29) is 12.4 Å². The smallest absolute Gasteiger partial charge is 0.106 e. The van der Waals surface area contributed by atoms with Gasteiger partial charge in [0, 0.05) is 6.04 Å². The van der Waals surface area contributed by atoms with Gasteiger partial charge in [0.25, 0.3) is 0 Å². The molecular formula is C10H14BrClN2. The number of rotatable bonds is 1. The first-order chi connectivity index (χ1) is 6.36. The lowest BCUT2D eigenvalue weighted by Crippen LogP contribution is -2.27. The molecular weight excluding hydrogens is 263 g/mol. The molecule has 0 radical (unpaired) electrons. The molecule has 1 aromatic rings. The van der Waals surface area contributed by atoms with Gasteiger partial charge in [-0.15, -0.1) is 12.4 Å². The maximum absolute atomic E-state index is 4.45. The zero-order valence-corrected chi connectivity index (χ0v) is 10.3. The second-order valence-electron chi connectivity index (χ2n) is 3.39. The van der Waals surface area contributed by atoms with Gasteiger partial charge < -0.3 is 5.32 Å². The number of piperidine rings is 1. The van der Waals surface area contributed by atoms with E-state index in [4.69, 9.17) is 0 Å². The Labute approximate surface area is 99.0 Å². The highest BCUT2D eigenvalue weighted by atomic mass is 79.9. The summed E-state index contributed by atoms with van der Waals surface area (Å²) in [6.07, 6.45) is 3.82. The molecule has 2 nitrogen and oxygen atoms in total. The molecule has 1 aliphatic rings. The first-order valence-corrected chi connectivity index (χ1v) is 5.51. The monoisotopic (exact) mass is 276 g/mol. The molecule has 1 aliphatic heterocycles. The molecule has 1 fully saturated rings. The Bertz CT molecular complexity index is 287. The van der Waals surface area contributed by atoms with Gasteiger partial charge >= 0.3 is 0 Å². The standard InChI is InChI=1S/C10H13BrN2.ClH/c11-10-6-3-5-9(13-10)8-4-1-2-7-12-8;/h3,5-6,8,12H,1-2,4,7H2;1H/t8-;/m0./s1. The Morgan fingerprint density at radius 1 is 1.36 bits per heavy atom. The van der Waals surface area contributed by atoms with Crippen LogP contribution in [0.4, 0.5) is 0 Å². The third-order valence-corrected chi connectivity index (χ3v) is 2.85. The van der Waals surface area contributed by atoms with Gasteiger partial charge in [-0.2, -0.15) is 0 Å². The van der Waals surface area contributed by atoms with Crippen molar-refractivity contribution >= 4 is 28.3 Å². The summed E-state index contributed by atoms with van der Waals surface area (Å²) < 4.78 is 0.928. The highest BCUT2D eigenvalue weighted by Gasteiger charge is 2.15. The Morgan fingerprint density at radius 2 is 2.21 bits per heavy atom. The second-order valence-corrected chi connectivity index (χ2v) is 4.20. The van der Waals surface area contributed by atoms with Crippen molar-refractivity contribution < 1.29 is 0 Å². The van der Waals surface area contributed by atoms with E-state index in [1.165, 1.54) is 19.3 Å². The van der Waals surface area contributed by atoms with E-state index in [2.05, 4.69) is 32.3 Å². The molecule has 2 rings (SSSR count). The molecule has 1 N–H and O–H groups in total. The first kappa shape index (κ1) is 12.0. The molecule has 14 heavy (non-hydrogen) atoms. The molecule has 0 aliphatic carbocycles. The summed E-state index contributed by atoms with van der Waals surface area (Å²) in [7, 11) is 0. The second kappa shape index (κ2) is 5.69. The van der Waals surface area contributed by atoms with Gasteiger partial charge in [-0.05, 0) is 47.4 Å². The van der Waals surface area contributed by atoms with Crippen LogP contribution in [0.5, 0.6) is 0 Å². The zero-order chi connectivity index (χ0) is 9.10. The predicted molar refractivity (Wildman–Crippen MR) is 63.8 cm³/mol. The molecule has 1 saturated heterocycles. The highest BCUT2D eigenvalue weighted by molar-refractivity contribution is 9.10. The van der Waals surface area contributed by atoms with Gasteiger partial charge in [0.2, 0.25) is 0 Å². The van der Waals surface area contributed by atoms with E-state index in [1.54, 1.807) is 0 Å². The average Bonchev–Trinajstić information content (AvgIpc) is 2.19. The van der Waals surface area contributed by atoms with Crippen LogP contribution in [-0.4, -0.2) is 11.5 Å². The first-order valence-electron chi connectivity index (χ1n) is 4.72. The third kappa shape index (κ3) is 2.94. The topological polar surface area (TPSA) is 24.9 Å². The summed E-state index contributed by atoms with van der Waals surface area (Å²) in [5.74, 6) is 0. The van der Waals surface area contributed by atoms with Crippen LogP contribution < -0.4 is 5.32 Å². The lowest BCUT2D eigenvalue weighted by atomic mass is 10.0. The van der Waals surface area contributed by atoms with Gasteiger partial charge in [0.05, 0.1) is 5.69 Å². The predicted octanol–water partition coefficient (Wildman–Crippen LogP) is 3.08. The van der Waals surface area contributed by atoms with Crippen molar-refractivity contribution in [1.29, 1.82) is 0 Å². The minimum Gasteiger partial charge on any atom is -0.309 e. The summed E-state index contributed by atoms with van der Waals surface area (Å²) in [5, 5.41) is 3.48. The van der Waals surface area contributed by atoms with Crippen LogP contribution in [0.3, 0.4) is 0 Å². The highest BCUT2D eigenvalue weighted by Crippen LogP contribution is 2.22. The Kier molecular flexibility index (Phi) is 4.85. The van der Waals surface area contributed by atoms with Crippen molar-refractivity contribution in [3.05, 3.63) is 28.5 Å². The molecule has 1 aromatic heterocycles. The Balaban J connectivity index is 0.000000980. The number of aromatic nitrogens is 1. The maximum atomic E-state index is 4.45. The lowest BCUT2D eigenvalue weighted by Gasteiger charge is -2.22. The van der Waals surface area contributed by atoms with Crippen molar-refractivity contribution in [2.75, 3.05) is 6.54 Å². The van der Waals surface area contributed by atoms with Crippen LogP contribution in [0.15, 0.2) is 22.8 Å². The fourth-order valence-corrected chi connectivity index (χ4v) is 2.08. The number of pyridine rings is 1. The molecule has 0 amide bonds. The van der Waals surface area contributed by atoms with E-state index < -0.39 is 0 Å². The summed E-state index contributed by atoms with van der Waals surface area (Å²) in [5.41, 5.74) is 1.16.